The van der Waals surface area contributed by atoms with Gasteiger partial charge in [0.15, 0.2) is 6.29 Å². The minimum Gasteiger partial charge on any atom is -0.473 e. The highest BCUT2D eigenvalue weighted by Gasteiger charge is 2.18. The molecule has 4 nitrogen and oxygen atoms in total. The fourth-order valence-corrected chi connectivity index (χ4v) is 2.02. The van der Waals surface area contributed by atoms with E-state index in [1.165, 1.54) is 6.42 Å². The van der Waals surface area contributed by atoms with Crippen molar-refractivity contribution in [2.45, 2.75) is 31.9 Å². The Kier molecular flexibility index (Phi) is 6.62. The number of hydrogen-bond donors (Lipinski definition) is 0. The molecule has 0 aromatic heterocycles. The molecule has 1 saturated heterocycles. The van der Waals surface area contributed by atoms with Crippen LogP contribution < -0.4 is 0 Å². The van der Waals surface area contributed by atoms with Crippen molar-refractivity contribution in [3.63, 3.8) is 0 Å². The molecule has 1 aliphatic rings. The second kappa shape index (κ2) is 7.74. The van der Waals surface area contributed by atoms with Crippen LogP contribution in [0.5, 0.6) is 0 Å². The standard InChI is InChI=1S/C12H25BN2O2/c1-14(2)13(15(3)4)9-7-11-17-12-8-5-6-10-16-12/h7,11-12H,5-6,8-10H2,1-4H3/b11-7-. The van der Waals surface area contributed by atoms with Gasteiger partial charge in [-0.1, -0.05) is 6.08 Å². The van der Waals surface area contributed by atoms with Gasteiger partial charge in [-0.3, -0.25) is 0 Å². The first-order valence-corrected chi connectivity index (χ1v) is 6.36. The average Bonchev–Trinajstić information content (AvgIpc) is 2.29. The van der Waals surface area contributed by atoms with Crippen molar-refractivity contribution in [3.8, 4) is 0 Å². The molecule has 1 heterocycles. The second-order valence-electron chi connectivity index (χ2n) is 4.95. The molecule has 1 rings (SSSR count). The van der Waals surface area contributed by atoms with Crippen LogP contribution in [0.15, 0.2) is 12.3 Å². The van der Waals surface area contributed by atoms with Crippen molar-refractivity contribution in [2.75, 3.05) is 34.8 Å². The Labute approximate surface area is 106 Å². The molecule has 0 N–H and O–H groups in total. The number of allylic oxidation sites excluding steroid dienone is 1. The molecule has 1 aliphatic heterocycles. The second-order valence-corrected chi connectivity index (χ2v) is 4.95. The Morgan fingerprint density at radius 1 is 1.24 bits per heavy atom. The van der Waals surface area contributed by atoms with E-state index in [2.05, 4.69) is 43.9 Å². The van der Waals surface area contributed by atoms with Gasteiger partial charge in [-0.15, -0.1) is 0 Å². The summed E-state index contributed by atoms with van der Waals surface area (Å²) in [5, 5.41) is 0. The van der Waals surface area contributed by atoms with Crippen molar-refractivity contribution in [3.05, 3.63) is 12.3 Å². The van der Waals surface area contributed by atoms with Crippen molar-refractivity contribution >= 4 is 6.98 Å². The summed E-state index contributed by atoms with van der Waals surface area (Å²) in [6.45, 7) is 1.23. The molecule has 0 aromatic carbocycles. The van der Waals surface area contributed by atoms with Crippen LogP contribution in [0.3, 0.4) is 0 Å². The summed E-state index contributed by atoms with van der Waals surface area (Å²) in [6.07, 6.45) is 8.15. The van der Waals surface area contributed by atoms with Gasteiger partial charge in [0.25, 0.3) is 0 Å². The molecule has 0 aliphatic carbocycles. The van der Waals surface area contributed by atoms with Crippen LogP contribution in [0, 0.1) is 0 Å². The van der Waals surface area contributed by atoms with Crippen LogP contribution >= 0.6 is 0 Å². The highest BCUT2D eigenvalue weighted by molar-refractivity contribution is 6.52. The molecule has 1 fully saturated rings. The SMILES string of the molecule is CN(C)B(C/C=C\OC1CCCCO1)N(C)C. The van der Waals surface area contributed by atoms with Gasteiger partial charge in [0.05, 0.1) is 12.9 Å². The van der Waals surface area contributed by atoms with E-state index in [9.17, 15) is 0 Å². The summed E-state index contributed by atoms with van der Waals surface area (Å²) in [5.41, 5.74) is 0. The summed E-state index contributed by atoms with van der Waals surface area (Å²) in [4.78, 5) is 4.39. The van der Waals surface area contributed by atoms with Gasteiger partial charge in [-0.05, 0) is 47.4 Å². The molecule has 0 aromatic rings. The van der Waals surface area contributed by atoms with Gasteiger partial charge in [0.2, 0.25) is 0 Å². The predicted molar refractivity (Wildman–Crippen MR) is 71.8 cm³/mol. The minimum atomic E-state index is -0.0304. The monoisotopic (exact) mass is 240 g/mol. The van der Waals surface area contributed by atoms with Crippen molar-refractivity contribution in [1.29, 1.82) is 0 Å². The molecule has 98 valence electrons. The number of ether oxygens (including phenoxy) is 2. The maximum Gasteiger partial charge on any atom is 0.314 e. The number of hydrogen-bond acceptors (Lipinski definition) is 4. The Hall–Kier alpha value is -0.515. The van der Waals surface area contributed by atoms with Crippen molar-refractivity contribution in [1.82, 2.24) is 9.62 Å². The maximum absolute atomic E-state index is 5.55. The Bertz CT molecular complexity index is 221. The predicted octanol–water partition coefficient (Wildman–Crippen LogP) is 1.65. The Balaban J connectivity index is 2.23. The first kappa shape index (κ1) is 14.5. The van der Waals surface area contributed by atoms with Gasteiger partial charge < -0.3 is 19.1 Å². The lowest BCUT2D eigenvalue weighted by atomic mass is 9.69. The zero-order valence-electron chi connectivity index (χ0n) is 11.6. The molecule has 1 unspecified atom stereocenters. The summed E-state index contributed by atoms with van der Waals surface area (Å²) < 4.78 is 11.0. The van der Waals surface area contributed by atoms with E-state index >= 15 is 0 Å². The molecule has 1 atom stereocenters. The average molecular weight is 240 g/mol. The zero-order chi connectivity index (χ0) is 12.7. The lowest BCUT2D eigenvalue weighted by molar-refractivity contribution is -0.129. The highest BCUT2D eigenvalue weighted by atomic mass is 16.7. The van der Waals surface area contributed by atoms with Crippen LogP contribution in [-0.2, 0) is 9.47 Å². The van der Waals surface area contributed by atoms with Crippen LogP contribution in [0.4, 0.5) is 0 Å². The fraction of sp³-hybridized carbons (Fsp3) is 0.833. The molecule has 5 heteroatoms. The molecule has 0 radical (unpaired) electrons. The number of nitrogens with zero attached hydrogens (tertiary/aromatic N) is 2. The number of rotatable bonds is 6. The van der Waals surface area contributed by atoms with Gasteiger partial charge in [0, 0.05) is 6.42 Å². The minimum absolute atomic E-state index is 0.0304. The van der Waals surface area contributed by atoms with Gasteiger partial charge >= 0.3 is 6.98 Å². The molecule has 17 heavy (non-hydrogen) atoms. The summed E-state index contributed by atoms with van der Waals surface area (Å²) in [7, 11) is 8.35. The van der Waals surface area contributed by atoms with E-state index in [1.54, 1.807) is 6.26 Å². The molecule has 0 saturated carbocycles. The van der Waals surface area contributed by atoms with Crippen LogP contribution in [0.1, 0.15) is 19.3 Å². The summed E-state index contributed by atoms with van der Waals surface area (Å²) in [5.74, 6) is 0. The fourth-order valence-electron chi connectivity index (χ4n) is 2.02. The van der Waals surface area contributed by atoms with Crippen LogP contribution in [-0.4, -0.2) is 57.7 Å². The van der Waals surface area contributed by atoms with Crippen LogP contribution in [0.2, 0.25) is 6.32 Å². The largest absolute Gasteiger partial charge is 0.473 e. The van der Waals surface area contributed by atoms with Crippen molar-refractivity contribution in [2.24, 2.45) is 0 Å². The first-order chi connectivity index (χ1) is 8.11. The van der Waals surface area contributed by atoms with Crippen molar-refractivity contribution < 1.29 is 9.47 Å². The van der Waals surface area contributed by atoms with Gasteiger partial charge in [-0.2, -0.15) is 0 Å². The molecule has 0 spiro atoms. The zero-order valence-corrected chi connectivity index (χ0v) is 11.6. The molecular weight excluding hydrogens is 215 g/mol. The topological polar surface area (TPSA) is 24.9 Å². The highest BCUT2D eigenvalue weighted by Crippen LogP contribution is 2.14. The molecular formula is C12H25BN2O2. The van der Waals surface area contributed by atoms with E-state index in [0.29, 0.717) is 6.98 Å². The molecule has 0 bridgehead atoms. The third kappa shape index (κ3) is 5.57. The molecule has 0 amide bonds. The lowest BCUT2D eigenvalue weighted by Crippen LogP contribution is -2.45. The van der Waals surface area contributed by atoms with E-state index in [1.807, 2.05) is 0 Å². The lowest BCUT2D eigenvalue weighted by Gasteiger charge is -2.25. The Morgan fingerprint density at radius 3 is 2.47 bits per heavy atom. The summed E-state index contributed by atoms with van der Waals surface area (Å²) >= 11 is 0. The van der Waals surface area contributed by atoms with E-state index in [0.717, 1.165) is 25.8 Å². The third-order valence-electron chi connectivity index (χ3n) is 3.00. The normalized spacial score (nSPS) is 21.4. The smallest absolute Gasteiger partial charge is 0.314 e. The van der Waals surface area contributed by atoms with Gasteiger partial charge in [0.1, 0.15) is 0 Å². The van der Waals surface area contributed by atoms with Crippen LogP contribution in [0.25, 0.3) is 0 Å². The quantitative estimate of drug-likeness (QED) is 0.520. The van der Waals surface area contributed by atoms with E-state index in [4.69, 9.17) is 9.47 Å². The van der Waals surface area contributed by atoms with Gasteiger partial charge in [-0.25, -0.2) is 0 Å². The first-order valence-electron chi connectivity index (χ1n) is 6.36. The third-order valence-corrected chi connectivity index (χ3v) is 3.00. The Morgan fingerprint density at radius 2 is 1.94 bits per heavy atom. The van der Waals surface area contributed by atoms with E-state index < -0.39 is 0 Å². The maximum atomic E-state index is 5.55. The summed E-state index contributed by atoms with van der Waals surface area (Å²) in [6, 6.07) is 0. The van der Waals surface area contributed by atoms with E-state index in [-0.39, 0.29) is 6.29 Å².